The van der Waals surface area contributed by atoms with Gasteiger partial charge in [-0.3, -0.25) is 9.78 Å². The van der Waals surface area contributed by atoms with Crippen molar-refractivity contribution in [3.63, 3.8) is 0 Å². The number of anilines is 1. The van der Waals surface area contributed by atoms with Gasteiger partial charge in [0, 0.05) is 36.4 Å². The summed E-state index contributed by atoms with van der Waals surface area (Å²) in [4.78, 5) is 21.8. The molecule has 1 aliphatic rings. The van der Waals surface area contributed by atoms with Crippen LogP contribution in [0.5, 0.6) is 0 Å². The van der Waals surface area contributed by atoms with E-state index in [4.69, 9.17) is 5.73 Å². The van der Waals surface area contributed by atoms with Crippen LogP contribution in [-0.2, 0) is 6.54 Å². The first kappa shape index (κ1) is 19.3. The van der Waals surface area contributed by atoms with Crippen LogP contribution in [0.3, 0.4) is 0 Å². The van der Waals surface area contributed by atoms with Gasteiger partial charge in [0.15, 0.2) is 5.69 Å². The predicted octanol–water partition coefficient (Wildman–Crippen LogP) is 3.38. The molecule has 6 nitrogen and oxygen atoms in total. The lowest BCUT2D eigenvalue weighted by Crippen LogP contribution is -2.34. The lowest BCUT2D eigenvalue weighted by atomic mass is 9.91. The van der Waals surface area contributed by atoms with Crippen molar-refractivity contribution in [3.05, 3.63) is 65.9 Å². The third-order valence-corrected chi connectivity index (χ3v) is 5.35. The maximum Gasteiger partial charge on any atom is 0.272 e. The van der Waals surface area contributed by atoms with Gasteiger partial charge in [-0.2, -0.15) is 0 Å². The Morgan fingerprint density at radius 1 is 1.10 bits per heavy atom. The molecular formula is C22H24FN5O. The fourth-order valence-electron chi connectivity index (χ4n) is 3.69. The maximum atomic E-state index is 13.1. The zero-order valence-corrected chi connectivity index (χ0v) is 16.1. The Morgan fingerprint density at radius 3 is 2.62 bits per heavy atom. The molecule has 0 spiro atoms. The minimum Gasteiger partial charge on any atom is -0.379 e. The number of fused-ring (bicyclic) bond motifs is 1. The fraction of sp³-hybridized carbons (Fsp3) is 0.318. The monoisotopic (exact) mass is 393 g/mol. The van der Waals surface area contributed by atoms with Crippen molar-refractivity contribution in [3.8, 4) is 0 Å². The number of carbonyl (C=O) groups excluding carboxylic acids is 1. The number of nitrogens with zero attached hydrogens (tertiary/aromatic N) is 2. The quantitative estimate of drug-likeness (QED) is 0.618. The summed E-state index contributed by atoms with van der Waals surface area (Å²) in [6.07, 6.45) is 7.18. The van der Waals surface area contributed by atoms with Crippen LogP contribution < -0.4 is 16.4 Å². The second-order valence-electron chi connectivity index (χ2n) is 7.49. The molecule has 0 unspecified atom stereocenters. The van der Waals surface area contributed by atoms with Gasteiger partial charge in [-0.25, -0.2) is 9.37 Å². The van der Waals surface area contributed by atoms with E-state index in [1.807, 2.05) is 12.1 Å². The highest BCUT2D eigenvalue weighted by molar-refractivity contribution is 6.05. The highest BCUT2D eigenvalue weighted by atomic mass is 19.1. The van der Waals surface area contributed by atoms with Gasteiger partial charge in [-0.15, -0.1) is 0 Å². The van der Waals surface area contributed by atoms with Crippen LogP contribution in [-0.4, -0.2) is 28.0 Å². The van der Waals surface area contributed by atoms with E-state index in [0.717, 1.165) is 42.1 Å². The first-order chi connectivity index (χ1) is 14.1. The van der Waals surface area contributed by atoms with Crippen molar-refractivity contribution < 1.29 is 9.18 Å². The van der Waals surface area contributed by atoms with E-state index in [9.17, 15) is 9.18 Å². The summed E-state index contributed by atoms with van der Waals surface area (Å²) in [5.74, 6) is -0.599. The largest absolute Gasteiger partial charge is 0.379 e. The Morgan fingerprint density at radius 2 is 1.86 bits per heavy atom. The van der Waals surface area contributed by atoms with Gasteiger partial charge < -0.3 is 16.4 Å². The smallest absolute Gasteiger partial charge is 0.272 e. The molecular weight excluding hydrogens is 369 g/mol. The number of amides is 1. The number of halogens is 1. The lowest BCUT2D eigenvalue weighted by molar-refractivity contribution is 0.0947. The van der Waals surface area contributed by atoms with Crippen molar-refractivity contribution >= 4 is 22.5 Å². The summed E-state index contributed by atoms with van der Waals surface area (Å²) >= 11 is 0. The zero-order valence-electron chi connectivity index (χ0n) is 16.1. The van der Waals surface area contributed by atoms with Gasteiger partial charge in [0.1, 0.15) is 5.82 Å². The average Bonchev–Trinajstić information content (AvgIpc) is 2.75. The molecule has 150 valence electrons. The molecule has 29 heavy (non-hydrogen) atoms. The molecule has 0 radical (unpaired) electrons. The molecule has 0 bridgehead atoms. The van der Waals surface area contributed by atoms with E-state index in [1.165, 1.54) is 12.1 Å². The molecule has 1 amide bonds. The Labute approximate surface area is 168 Å². The van der Waals surface area contributed by atoms with Crippen LogP contribution in [0, 0.1) is 5.82 Å². The van der Waals surface area contributed by atoms with Gasteiger partial charge in [-0.1, -0.05) is 12.1 Å². The number of hydrogen-bond acceptors (Lipinski definition) is 5. The van der Waals surface area contributed by atoms with Crippen molar-refractivity contribution in [2.75, 3.05) is 5.32 Å². The van der Waals surface area contributed by atoms with Gasteiger partial charge in [-0.05, 0) is 55.5 Å². The number of aromatic nitrogens is 2. The molecule has 2 aromatic heterocycles. The van der Waals surface area contributed by atoms with Crippen LogP contribution in [0.25, 0.3) is 10.9 Å². The van der Waals surface area contributed by atoms with Gasteiger partial charge >= 0.3 is 0 Å². The van der Waals surface area contributed by atoms with E-state index >= 15 is 0 Å². The maximum absolute atomic E-state index is 13.1. The predicted molar refractivity (Wildman–Crippen MR) is 111 cm³/mol. The van der Waals surface area contributed by atoms with E-state index in [1.54, 1.807) is 24.5 Å². The molecule has 1 saturated carbocycles. The molecule has 7 heteroatoms. The Bertz CT molecular complexity index is 1000. The van der Waals surface area contributed by atoms with Gasteiger partial charge in [0.05, 0.1) is 11.2 Å². The summed E-state index contributed by atoms with van der Waals surface area (Å²) in [6.45, 7) is 0.290. The molecule has 3 aromatic rings. The SMILES string of the molecule is NC1CCC(Nc2c(C(=O)NCc3ccc(F)cc3)ncc3cccnc23)CC1. The molecule has 1 aliphatic carbocycles. The summed E-state index contributed by atoms with van der Waals surface area (Å²) < 4.78 is 13.1. The van der Waals surface area contributed by atoms with Crippen LogP contribution >= 0.6 is 0 Å². The minimum atomic E-state index is -0.305. The zero-order chi connectivity index (χ0) is 20.2. The number of benzene rings is 1. The second kappa shape index (κ2) is 8.53. The molecule has 1 aromatic carbocycles. The number of nitrogens with one attached hydrogen (secondary N) is 2. The Hall–Kier alpha value is -3.06. The van der Waals surface area contributed by atoms with Gasteiger partial charge in [0.25, 0.3) is 5.91 Å². The highest BCUT2D eigenvalue weighted by Crippen LogP contribution is 2.28. The second-order valence-corrected chi connectivity index (χ2v) is 7.49. The molecule has 0 aliphatic heterocycles. The fourth-order valence-corrected chi connectivity index (χ4v) is 3.69. The summed E-state index contributed by atoms with van der Waals surface area (Å²) in [5.41, 5.74) is 8.53. The first-order valence-corrected chi connectivity index (χ1v) is 9.88. The van der Waals surface area contributed by atoms with Crippen molar-refractivity contribution in [1.29, 1.82) is 0 Å². The summed E-state index contributed by atoms with van der Waals surface area (Å²) in [7, 11) is 0. The number of pyridine rings is 2. The minimum absolute atomic E-state index is 0.229. The standard InChI is InChI=1S/C22H24FN5O/c23-16-5-3-14(4-6-16)12-27-22(29)21-20(28-18-9-7-17(24)8-10-18)19-15(13-26-21)2-1-11-25-19/h1-6,11,13,17-18,28H,7-10,12,24H2,(H,27,29). The summed E-state index contributed by atoms with van der Waals surface area (Å²) in [6, 6.07) is 10.3. The lowest BCUT2D eigenvalue weighted by Gasteiger charge is -2.28. The number of rotatable bonds is 5. The van der Waals surface area contributed by atoms with Crippen LogP contribution in [0.4, 0.5) is 10.1 Å². The summed E-state index contributed by atoms with van der Waals surface area (Å²) in [5, 5.41) is 7.25. The van der Waals surface area contributed by atoms with Crippen molar-refractivity contribution in [1.82, 2.24) is 15.3 Å². The first-order valence-electron chi connectivity index (χ1n) is 9.88. The average molecular weight is 393 g/mol. The topological polar surface area (TPSA) is 92.9 Å². The van der Waals surface area contributed by atoms with Gasteiger partial charge in [0.2, 0.25) is 0 Å². The Kier molecular flexibility index (Phi) is 5.67. The number of carbonyl (C=O) groups is 1. The molecule has 4 rings (SSSR count). The Balaban J connectivity index is 1.58. The van der Waals surface area contributed by atoms with Crippen molar-refractivity contribution in [2.45, 2.75) is 44.3 Å². The number of nitrogens with two attached hydrogens (primary N) is 1. The van der Waals surface area contributed by atoms with E-state index < -0.39 is 0 Å². The third kappa shape index (κ3) is 4.51. The molecule has 2 heterocycles. The molecule has 0 atom stereocenters. The molecule has 1 fully saturated rings. The van der Waals surface area contributed by atoms with Crippen LogP contribution in [0.2, 0.25) is 0 Å². The van der Waals surface area contributed by atoms with Crippen LogP contribution in [0.1, 0.15) is 41.7 Å². The normalized spacial score (nSPS) is 19.1. The van der Waals surface area contributed by atoms with E-state index in [2.05, 4.69) is 20.6 Å². The van der Waals surface area contributed by atoms with E-state index in [-0.39, 0.29) is 23.8 Å². The molecule has 4 N–H and O–H groups in total. The van der Waals surface area contributed by atoms with E-state index in [0.29, 0.717) is 17.9 Å². The van der Waals surface area contributed by atoms with Crippen molar-refractivity contribution in [2.24, 2.45) is 5.73 Å². The highest BCUT2D eigenvalue weighted by Gasteiger charge is 2.23. The number of hydrogen-bond donors (Lipinski definition) is 3. The third-order valence-electron chi connectivity index (χ3n) is 5.35. The van der Waals surface area contributed by atoms with Crippen LogP contribution in [0.15, 0.2) is 48.8 Å². The molecule has 0 saturated heterocycles.